The van der Waals surface area contributed by atoms with Crippen molar-refractivity contribution < 1.29 is 9.59 Å². The number of thiophene rings is 1. The molecule has 1 aliphatic rings. The predicted molar refractivity (Wildman–Crippen MR) is 89.1 cm³/mol. The molecular weight excluding hydrogens is 296 g/mol. The Bertz CT molecular complexity index is 646. The average Bonchev–Trinajstić information content (AvgIpc) is 3.24. The molecule has 0 unspecified atom stereocenters. The maximum atomic E-state index is 11.9. The molecule has 1 aromatic carbocycles. The van der Waals surface area contributed by atoms with Gasteiger partial charge in [-0.1, -0.05) is 6.07 Å². The van der Waals surface area contributed by atoms with Crippen LogP contribution in [0.2, 0.25) is 0 Å². The fraction of sp³-hybridized carbons (Fsp3) is 0.294. The highest BCUT2D eigenvalue weighted by Gasteiger charge is 2.29. The van der Waals surface area contributed by atoms with Gasteiger partial charge in [-0.2, -0.15) is 0 Å². The van der Waals surface area contributed by atoms with E-state index in [1.807, 2.05) is 41.8 Å². The Balaban J connectivity index is 1.47. The van der Waals surface area contributed by atoms with E-state index in [2.05, 4.69) is 10.6 Å². The second-order valence-electron chi connectivity index (χ2n) is 5.47. The third kappa shape index (κ3) is 4.18. The third-order valence-electron chi connectivity index (χ3n) is 3.56. The Hall–Kier alpha value is -2.14. The lowest BCUT2D eigenvalue weighted by Gasteiger charge is -2.07. The van der Waals surface area contributed by atoms with Crippen LogP contribution in [0.3, 0.4) is 0 Å². The van der Waals surface area contributed by atoms with Crippen LogP contribution in [0.5, 0.6) is 0 Å². The zero-order valence-corrected chi connectivity index (χ0v) is 13.0. The molecule has 5 heteroatoms. The number of anilines is 2. The van der Waals surface area contributed by atoms with Crippen molar-refractivity contribution >= 4 is 34.5 Å². The molecule has 1 aromatic heterocycles. The number of nitrogens with one attached hydrogen (secondary N) is 2. The molecule has 1 saturated carbocycles. The largest absolute Gasteiger partial charge is 0.326 e. The maximum absolute atomic E-state index is 11.9. The Morgan fingerprint density at radius 1 is 1.05 bits per heavy atom. The smallest absolute Gasteiger partial charge is 0.227 e. The molecule has 1 fully saturated rings. The molecule has 0 spiro atoms. The van der Waals surface area contributed by atoms with Crippen LogP contribution in [0.1, 0.15) is 24.1 Å². The zero-order valence-electron chi connectivity index (χ0n) is 12.2. The fourth-order valence-electron chi connectivity index (χ4n) is 2.14. The summed E-state index contributed by atoms with van der Waals surface area (Å²) in [6, 6.07) is 11.3. The Morgan fingerprint density at radius 3 is 2.32 bits per heavy atom. The standard InChI is InChI=1S/C17H18N2O2S/c20-16(10-9-15-2-1-11-22-15)18-13-5-7-14(8-6-13)19-17(21)12-3-4-12/h1-2,5-8,11-12H,3-4,9-10H2,(H,18,20)(H,19,21). The number of rotatable bonds is 6. The van der Waals surface area contributed by atoms with E-state index in [-0.39, 0.29) is 17.7 Å². The van der Waals surface area contributed by atoms with Crippen molar-refractivity contribution in [3.05, 3.63) is 46.7 Å². The molecule has 0 saturated heterocycles. The van der Waals surface area contributed by atoms with Crippen molar-refractivity contribution in [3.8, 4) is 0 Å². The summed E-state index contributed by atoms with van der Waals surface area (Å²) < 4.78 is 0. The lowest BCUT2D eigenvalue weighted by molar-refractivity contribution is -0.117. The van der Waals surface area contributed by atoms with Gasteiger partial charge in [0.2, 0.25) is 11.8 Å². The number of hydrogen-bond donors (Lipinski definition) is 2. The minimum Gasteiger partial charge on any atom is -0.326 e. The molecule has 2 aromatic rings. The van der Waals surface area contributed by atoms with Gasteiger partial charge in [-0.15, -0.1) is 11.3 Å². The molecular formula is C17H18N2O2S. The summed E-state index contributed by atoms with van der Waals surface area (Å²) in [5, 5.41) is 7.77. The van der Waals surface area contributed by atoms with Gasteiger partial charge in [0, 0.05) is 28.6 Å². The molecule has 22 heavy (non-hydrogen) atoms. The van der Waals surface area contributed by atoms with E-state index in [1.165, 1.54) is 4.88 Å². The minimum absolute atomic E-state index is 0.00293. The van der Waals surface area contributed by atoms with Gasteiger partial charge in [-0.05, 0) is 55.0 Å². The normalized spacial score (nSPS) is 13.6. The van der Waals surface area contributed by atoms with Gasteiger partial charge >= 0.3 is 0 Å². The summed E-state index contributed by atoms with van der Waals surface area (Å²) in [6.45, 7) is 0. The molecule has 2 amide bonds. The monoisotopic (exact) mass is 314 g/mol. The highest BCUT2D eigenvalue weighted by Crippen LogP contribution is 2.30. The second kappa shape index (κ2) is 6.75. The topological polar surface area (TPSA) is 58.2 Å². The van der Waals surface area contributed by atoms with E-state index >= 15 is 0 Å². The number of aryl methyl sites for hydroxylation is 1. The molecule has 0 bridgehead atoms. The number of hydrogen-bond acceptors (Lipinski definition) is 3. The first-order chi connectivity index (χ1) is 10.7. The van der Waals surface area contributed by atoms with E-state index in [9.17, 15) is 9.59 Å². The highest BCUT2D eigenvalue weighted by molar-refractivity contribution is 7.09. The number of carbonyl (C=O) groups excluding carboxylic acids is 2. The minimum atomic E-state index is 0.00293. The molecule has 2 N–H and O–H groups in total. The Morgan fingerprint density at radius 2 is 1.73 bits per heavy atom. The third-order valence-corrected chi connectivity index (χ3v) is 4.50. The highest BCUT2D eigenvalue weighted by atomic mass is 32.1. The van der Waals surface area contributed by atoms with Crippen LogP contribution in [0, 0.1) is 5.92 Å². The Kier molecular flexibility index (Phi) is 4.53. The molecule has 4 nitrogen and oxygen atoms in total. The van der Waals surface area contributed by atoms with Crippen molar-refractivity contribution in [2.75, 3.05) is 10.6 Å². The SMILES string of the molecule is O=C(CCc1cccs1)Nc1ccc(NC(=O)C2CC2)cc1. The summed E-state index contributed by atoms with van der Waals surface area (Å²) in [4.78, 5) is 24.8. The molecule has 0 aliphatic heterocycles. The summed E-state index contributed by atoms with van der Waals surface area (Å²) >= 11 is 1.67. The van der Waals surface area contributed by atoms with Crippen molar-refractivity contribution in [1.29, 1.82) is 0 Å². The molecule has 1 aliphatic carbocycles. The van der Waals surface area contributed by atoms with E-state index in [0.717, 1.165) is 30.6 Å². The summed E-state index contributed by atoms with van der Waals surface area (Å²) in [5.41, 5.74) is 1.52. The summed E-state index contributed by atoms with van der Waals surface area (Å²) in [7, 11) is 0. The van der Waals surface area contributed by atoms with Crippen molar-refractivity contribution in [3.63, 3.8) is 0 Å². The van der Waals surface area contributed by atoms with Crippen molar-refractivity contribution in [2.45, 2.75) is 25.7 Å². The molecule has 1 heterocycles. The van der Waals surface area contributed by atoms with Crippen LogP contribution in [0.4, 0.5) is 11.4 Å². The van der Waals surface area contributed by atoms with Crippen LogP contribution in [0.15, 0.2) is 41.8 Å². The van der Waals surface area contributed by atoms with Gasteiger partial charge in [0.05, 0.1) is 0 Å². The first-order valence-corrected chi connectivity index (χ1v) is 8.32. The van der Waals surface area contributed by atoms with Crippen molar-refractivity contribution in [2.24, 2.45) is 5.92 Å². The van der Waals surface area contributed by atoms with Gasteiger partial charge in [0.15, 0.2) is 0 Å². The molecule has 0 radical (unpaired) electrons. The van der Waals surface area contributed by atoms with E-state index in [4.69, 9.17) is 0 Å². The zero-order chi connectivity index (χ0) is 15.4. The average molecular weight is 314 g/mol. The first kappa shape index (κ1) is 14.8. The van der Waals surface area contributed by atoms with Crippen LogP contribution in [-0.4, -0.2) is 11.8 Å². The van der Waals surface area contributed by atoms with Crippen LogP contribution in [0.25, 0.3) is 0 Å². The maximum Gasteiger partial charge on any atom is 0.227 e. The second-order valence-corrected chi connectivity index (χ2v) is 6.50. The number of carbonyl (C=O) groups is 2. The van der Waals surface area contributed by atoms with E-state index in [0.29, 0.717) is 6.42 Å². The lowest BCUT2D eigenvalue weighted by Crippen LogP contribution is -2.14. The van der Waals surface area contributed by atoms with Crippen molar-refractivity contribution in [1.82, 2.24) is 0 Å². The first-order valence-electron chi connectivity index (χ1n) is 7.44. The molecule has 114 valence electrons. The number of benzene rings is 1. The van der Waals surface area contributed by atoms with Gasteiger partial charge in [-0.3, -0.25) is 9.59 Å². The molecule has 3 rings (SSSR count). The quantitative estimate of drug-likeness (QED) is 0.854. The van der Waals surface area contributed by atoms with Gasteiger partial charge in [-0.25, -0.2) is 0 Å². The summed E-state index contributed by atoms with van der Waals surface area (Å²) in [6.07, 6.45) is 3.22. The predicted octanol–water partition coefficient (Wildman–Crippen LogP) is 3.67. The van der Waals surface area contributed by atoms with Gasteiger partial charge in [0.1, 0.15) is 0 Å². The van der Waals surface area contributed by atoms with Gasteiger partial charge < -0.3 is 10.6 Å². The van der Waals surface area contributed by atoms with Gasteiger partial charge in [0.25, 0.3) is 0 Å². The van der Waals surface area contributed by atoms with Crippen LogP contribution >= 0.6 is 11.3 Å². The summed E-state index contributed by atoms with van der Waals surface area (Å²) in [5.74, 6) is 0.285. The van der Waals surface area contributed by atoms with E-state index in [1.54, 1.807) is 11.3 Å². The van der Waals surface area contributed by atoms with Crippen LogP contribution < -0.4 is 10.6 Å². The van der Waals surface area contributed by atoms with Crippen LogP contribution in [-0.2, 0) is 16.0 Å². The fourth-order valence-corrected chi connectivity index (χ4v) is 2.85. The Labute approximate surface area is 133 Å². The van der Waals surface area contributed by atoms with E-state index < -0.39 is 0 Å². The lowest BCUT2D eigenvalue weighted by atomic mass is 10.2. The molecule has 0 atom stereocenters. The number of amides is 2.